The van der Waals surface area contributed by atoms with Crippen LogP contribution in [-0.4, -0.2) is 17.2 Å². The number of piperidine rings is 1. The maximum Gasteiger partial charge on any atom is 0.160 e. The lowest BCUT2D eigenvalue weighted by molar-refractivity contribution is -0.115. The normalized spacial score (nSPS) is 29.5. The molecule has 2 heteroatoms. The zero-order chi connectivity index (χ0) is 15.4. The third-order valence-electron chi connectivity index (χ3n) is 6.14. The molecule has 1 unspecified atom stereocenters. The largest absolute Gasteiger partial charge is 0.351 e. The van der Waals surface area contributed by atoms with Crippen LogP contribution in [0.15, 0.2) is 58.0 Å². The van der Waals surface area contributed by atoms with Crippen molar-refractivity contribution < 1.29 is 4.79 Å². The molecule has 1 fully saturated rings. The summed E-state index contributed by atoms with van der Waals surface area (Å²) in [5.74, 6) is 0.885. The highest BCUT2D eigenvalue weighted by Gasteiger charge is 2.38. The molecule has 5 aliphatic rings. The fraction of sp³-hybridized carbons (Fsp3) is 0.476. The average molecular weight is 305 g/mol. The Balaban J connectivity index is 1.73. The van der Waals surface area contributed by atoms with Gasteiger partial charge in [-0.2, -0.15) is 0 Å². The van der Waals surface area contributed by atoms with Crippen molar-refractivity contribution in [2.75, 3.05) is 6.54 Å². The number of carbonyl (C=O) groups excluding carboxylic acids is 1. The molecule has 118 valence electrons. The monoisotopic (exact) mass is 305 g/mol. The van der Waals surface area contributed by atoms with Gasteiger partial charge in [0, 0.05) is 36.4 Å². The molecule has 0 spiro atoms. The molecule has 0 amide bonds. The molecule has 0 aromatic rings. The Morgan fingerprint density at radius 3 is 3.00 bits per heavy atom. The topological polar surface area (TPSA) is 20.3 Å². The predicted molar refractivity (Wildman–Crippen MR) is 91.5 cm³/mol. The highest BCUT2D eigenvalue weighted by atomic mass is 16.1. The van der Waals surface area contributed by atoms with Crippen LogP contribution < -0.4 is 0 Å². The van der Waals surface area contributed by atoms with Gasteiger partial charge in [0.05, 0.1) is 0 Å². The summed E-state index contributed by atoms with van der Waals surface area (Å²) < 4.78 is 0. The fourth-order valence-electron chi connectivity index (χ4n) is 5.04. The number of hydrogen-bond donors (Lipinski definition) is 0. The summed E-state index contributed by atoms with van der Waals surface area (Å²) in [6.07, 6.45) is 17.9. The Morgan fingerprint density at radius 1 is 1.09 bits per heavy atom. The van der Waals surface area contributed by atoms with Gasteiger partial charge in [0.1, 0.15) is 0 Å². The second-order valence-electron chi connectivity index (χ2n) is 7.38. The molecule has 0 radical (unpaired) electrons. The van der Waals surface area contributed by atoms with Gasteiger partial charge in [-0.1, -0.05) is 18.2 Å². The summed E-state index contributed by atoms with van der Waals surface area (Å²) in [5, 5.41) is 0. The van der Waals surface area contributed by atoms with Gasteiger partial charge in [0.2, 0.25) is 0 Å². The number of fused-ring (bicyclic) bond motifs is 3. The number of nitrogens with zero attached hydrogens (tertiary/aromatic N) is 1. The predicted octanol–water partition coefficient (Wildman–Crippen LogP) is 4.58. The van der Waals surface area contributed by atoms with Crippen LogP contribution in [0.2, 0.25) is 0 Å². The molecule has 0 bridgehead atoms. The lowest BCUT2D eigenvalue weighted by Gasteiger charge is -2.40. The Bertz CT molecular complexity index is 744. The van der Waals surface area contributed by atoms with Gasteiger partial charge in [-0.3, -0.25) is 4.79 Å². The number of hydrogen-bond acceptors (Lipinski definition) is 2. The van der Waals surface area contributed by atoms with Crippen LogP contribution >= 0.6 is 0 Å². The smallest absolute Gasteiger partial charge is 0.160 e. The van der Waals surface area contributed by atoms with Gasteiger partial charge in [0.15, 0.2) is 5.78 Å². The molecular weight excluding hydrogens is 282 g/mol. The zero-order valence-electron chi connectivity index (χ0n) is 13.6. The van der Waals surface area contributed by atoms with Gasteiger partial charge < -0.3 is 4.90 Å². The van der Waals surface area contributed by atoms with Crippen LogP contribution in [-0.2, 0) is 4.79 Å². The molecule has 2 heterocycles. The Kier molecular flexibility index (Phi) is 3.01. The lowest BCUT2D eigenvalue weighted by atomic mass is 9.73. The standard InChI is InChI=1S/C21H23NO/c23-20-11-10-16-19-7-3-4-12-22(19)13-18-15-6-2-1-5-14(15)8-9-17(20)21(16)18/h1,5,8,13,15H,2-4,6-7,9-12H2. The van der Waals surface area contributed by atoms with Crippen molar-refractivity contribution in [3.8, 4) is 0 Å². The molecule has 5 rings (SSSR count). The number of allylic oxidation sites excluding steroid dienone is 9. The average Bonchev–Trinajstić information content (AvgIpc) is 2.76. The molecule has 1 atom stereocenters. The van der Waals surface area contributed by atoms with Crippen molar-refractivity contribution in [3.05, 3.63) is 58.0 Å². The van der Waals surface area contributed by atoms with E-state index in [1.54, 1.807) is 0 Å². The first-order valence-corrected chi connectivity index (χ1v) is 9.17. The van der Waals surface area contributed by atoms with Gasteiger partial charge >= 0.3 is 0 Å². The molecule has 0 N–H and O–H groups in total. The van der Waals surface area contributed by atoms with E-state index in [2.05, 4.69) is 29.3 Å². The third-order valence-corrected chi connectivity index (χ3v) is 6.14. The minimum Gasteiger partial charge on any atom is -0.351 e. The molecule has 1 saturated heterocycles. The van der Waals surface area contributed by atoms with E-state index in [1.165, 1.54) is 53.7 Å². The first-order valence-electron chi connectivity index (χ1n) is 9.17. The van der Waals surface area contributed by atoms with Crippen LogP contribution in [0.1, 0.15) is 51.4 Å². The summed E-state index contributed by atoms with van der Waals surface area (Å²) in [7, 11) is 0. The number of rotatable bonds is 0. The summed E-state index contributed by atoms with van der Waals surface area (Å²) in [4.78, 5) is 15.1. The molecule has 3 aliphatic carbocycles. The summed E-state index contributed by atoms with van der Waals surface area (Å²) >= 11 is 0. The van der Waals surface area contributed by atoms with Crippen molar-refractivity contribution in [1.29, 1.82) is 0 Å². The highest BCUT2D eigenvalue weighted by Crippen LogP contribution is 2.49. The van der Waals surface area contributed by atoms with Crippen molar-refractivity contribution >= 4 is 5.78 Å². The molecule has 2 nitrogen and oxygen atoms in total. The van der Waals surface area contributed by atoms with Crippen LogP contribution in [0, 0.1) is 5.92 Å². The maximum atomic E-state index is 12.6. The van der Waals surface area contributed by atoms with Gasteiger partial charge in [0.25, 0.3) is 0 Å². The molecule has 0 aromatic carbocycles. The van der Waals surface area contributed by atoms with Crippen LogP contribution in [0.25, 0.3) is 0 Å². The molecule has 0 saturated carbocycles. The quantitative estimate of drug-likeness (QED) is 0.653. The van der Waals surface area contributed by atoms with E-state index in [0.29, 0.717) is 18.1 Å². The molecule has 23 heavy (non-hydrogen) atoms. The number of carbonyl (C=O) groups is 1. The minimum atomic E-state index is 0.388. The van der Waals surface area contributed by atoms with Crippen LogP contribution in [0.4, 0.5) is 0 Å². The van der Waals surface area contributed by atoms with Crippen molar-refractivity contribution in [2.45, 2.75) is 51.4 Å². The van der Waals surface area contributed by atoms with Crippen LogP contribution in [0.5, 0.6) is 0 Å². The third kappa shape index (κ3) is 1.97. The van der Waals surface area contributed by atoms with Gasteiger partial charge in [-0.15, -0.1) is 0 Å². The lowest BCUT2D eigenvalue weighted by Crippen LogP contribution is -2.32. The zero-order valence-corrected chi connectivity index (χ0v) is 13.6. The first kappa shape index (κ1) is 13.6. The minimum absolute atomic E-state index is 0.388. The second-order valence-corrected chi connectivity index (χ2v) is 7.38. The van der Waals surface area contributed by atoms with E-state index in [0.717, 1.165) is 31.4 Å². The second kappa shape index (κ2) is 5.09. The van der Waals surface area contributed by atoms with E-state index < -0.39 is 0 Å². The van der Waals surface area contributed by atoms with Crippen molar-refractivity contribution in [2.24, 2.45) is 5.92 Å². The number of ketones is 1. The molecule has 2 aliphatic heterocycles. The Hall–Kier alpha value is -1.83. The highest BCUT2D eigenvalue weighted by molar-refractivity contribution is 6.00. The SMILES string of the molecule is O=C1CCC2=C3CCCCN3C=C3C2=C1CC=C1C=CCCC13. The maximum absolute atomic E-state index is 12.6. The number of Topliss-reactive ketones (excluding diaryl/α,β-unsaturated/α-hetero) is 1. The van der Waals surface area contributed by atoms with Gasteiger partial charge in [-0.25, -0.2) is 0 Å². The van der Waals surface area contributed by atoms with E-state index in [9.17, 15) is 4.79 Å². The molecular formula is C21H23NO. The van der Waals surface area contributed by atoms with E-state index >= 15 is 0 Å². The van der Waals surface area contributed by atoms with Gasteiger partial charge in [-0.05, 0) is 67.2 Å². The van der Waals surface area contributed by atoms with Crippen molar-refractivity contribution in [3.63, 3.8) is 0 Å². The summed E-state index contributed by atoms with van der Waals surface area (Å²) in [5.41, 5.74) is 8.38. The Labute approximate surface area is 137 Å². The molecule has 0 aromatic heterocycles. The van der Waals surface area contributed by atoms with E-state index in [1.807, 2.05) is 0 Å². The summed E-state index contributed by atoms with van der Waals surface area (Å²) in [6, 6.07) is 0. The summed E-state index contributed by atoms with van der Waals surface area (Å²) in [6.45, 7) is 1.15. The van der Waals surface area contributed by atoms with E-state index in [-0.39, 0.29) is 0 Å². The van der Waals surface area contributed by atoms with Crippen molar-refractivity contribution in [1.82, 2.24) is 4.90 Å². The van der Waals surface area contributed by atoms with Crippen LogP contribution in [0.3, 0.4) is 0 Å². The first-order chi connectivity index (χ1) is 11.3. The van der Waals surface area contributed by atoms with E-state index in [4.69, 9.17) is 0 Å². The fourth-order valence-corrected chi connectivity index (χ4v) is 5.04. The Morgan fingerprint density at radius 2 is 2.04 bits per heavy atom.